The summed E-state index contributed by atoms with van der Waals surface area (Å²) >= 11 is 0. The van der Waals surface area contributed by atoms with Crippen molar-refractivity contribution in [1.82, 2.24) is 14.8 Å². The summed E-state index contributed by atoms with van der Waals surface area (Å²) in [6, 6.07) is 7.85. The Morgan fingerprint density at radius 1 is 1.53 bits per heavy atom. The van der Waals surface area contributed by atoms with Gasteiger partial charge in [-0.15, -0.1) is 0 Å². The molecule has 0 saturated heterocycles. The maximum absolute atomic E-state index is 8.60. The standard InChI is InChI=1S/C11H10N4/c1-9-7-11(14-15(9)6-4-12)10-3-2-5-13-8-10/h2-3,5,7-8H,6H2,1H3. The van der Waals surface area contributed by atoms with E-state index in [4.69, 9.17) is 5.26 Å². The summed E-state index contributed by atoms with van der Waals surface area (Å²) in [5.74, 6) is 0. The van der Waals surface area contributed by atoms with Crippen molar-refractivity contribution in [2.75, 3.05) is 0 Å². The van der Waals surface area contributed by atoms with Gasteiger partial charge in [-0.3, -0.25) is 9.67 Å². The average Bonchev–Trinajstić information content (AvgIpc) is 2.63. The average molecular weight is 198 g/mol. The maximum Gasteiger partial charge on any atom is 0.128 e. The topological polar surface area (TPSA) is 54.5 Å². The smallest absolute Gasteiger partial charge is 0.128 e. The van der Waals surface area contributed by atoms with E-state index < -0.39 is 0 Å². The van der Waals surface area contributed by atoms with Gasteiger partial charge in [0.25, 0.3) is 0 Å². The molecule has 0 aromatic carbocycles. The monoisotopic (exact) mass is 198 g/mol. The molecule has 0 atom stereocenters. The second kappa shape index (κ2) is 3.93. The third-order valence-corrected chi connectivity index (χ3v) is 2.16. The number of hydrogen-bond acceptors (Lipinski definition) is 3. The molecule has 2 aromatic rings. The van der Waals surface area contributed by atoms with Gasteiger partial charge in [-0.25, -0.2) is 0 Å². The highest BCUT2D eigenvalue weighted by Crippen LogP contribution is 2.17. The van der Waals surface area contributed by atoms with Crippen LogP contribution in [0, 0.1) is 18.3 Å². The molecule has 0 aliphatic rings. The van der Waals surface area contributed by atoms with Gasteiger partial charge < -0.3 is 0 Å². The second-order valence-electron chi connectivity index (χ2n) is 3.23. The fraction of sp³-hybridized carbons (Fsp3) is 0.182. The molecule has 4 nitrogen and oxygen atoms in total. The van der Waals surface area contributed by atoms with Crippen LogP contribution in [0.5, 0.6) is 0 Å². The number of hydrogen-bond donors (Lipinski definition) is 0. The summed E-state index contributed by atoms with van der Waals surface area (Å²) in [6.07, 6.45) is 3.49. The van der Waals surface area contributed by atoms with Crippen LogP contribution in [0.15, 0.2) is 30.6 Å². The highest BCUT2D eigenvalue weighted by atomic mass is 15.3. The third-order valence-electron chi connectivity index (χ3n) is 2.16. The molecular formula is C11H10N4. The minimum atomic E-state index is 0.284. The fourth-order valence-electron chi connectivity index (χ4n) is 1.39. The van der Waals surface area contributed by atoms with E-state index in [1.807, 2.05) is 25.1 Å². The molecule has 2 aromatic heterocycles. The molecule has 0 saturated carbocycles. The van der Waals surface area contributed by atoms with Gasteiger partial charge in [0.05, 0.1) is 11.8 Å². The van der Waals surface area contributed by atoms with Gasteiger partial charge in [-0.1, -0.05) is 0 Å². The quantitative estimate of drug-likeness (QED) is 0.739. The van der Waals surface area contributed by atoms with E-state index in [9.17, 15) is 0 Å². The van der Waals surface area contributed by atoms with Gasteiger partial charge >= 0.3 is 0 Å². The van der Waals surface area contributed by atoms with Gasteiger partial charge in [-0.05, 0) is 25.1 Å². The molecule has 0 bridgehead atoms. The van der Waals surface area contributed by atoms with Crippen molar-refractivity contribution in [3.8, 4) is 17.3 Å². The normalized spacial score (nSPS) is 9.87. The molecule has 15 heavy (non-hydrogen) atoms. The lowest BCUT2D eigenvalue weighted by Gasteiger charge is -1.95. The third kappa shape index (κ3) is 1.86. The zero-order chi connectivity index (χ0) is 10.7. The zero-order valence-electron chi connectivity index (χ0n) is 8.38. The van der Waals surface area contributed by atoms with Crippen LogP contribution in [0.1, 0.15) is 5.69 Å². The molecular weight excluding hydrogens is 188 g/mol. The first-order valence-electron chi connectivity index (χ1n) is 4.63. The largest absolute Gasteiger partial charge is 0.264 e. The van der Waals surface area contributed by atoms with E-state index in [1.165, 1.54) is 0 Å². The van der Waals surface area contributed by atoms with Crippen LogP contribution in [0.4, 0.5) is 0 Å². The van der Waals surface area contributed by atoms with Crippen molar-refractivity contribution in [1.29, 1.82) is 5.26 Å². The molecule has 0 radical (unpaired) electrons. The van der Waals surface area contributed by atoms with Crippen molar-refractivity contribution in [2.45, 2.75) is 13.5 Å². The molecule has 4 heteroatoms. The van der Waals surface area contributed by atoms with Crippen molar-refractivity contribution < 1.29 is 0 Å². The number of aryl methyl sites for hydroxylation is 1. The summed E-state index contributed by atoms with van der Waals surface area (Å²) in [5.41, 5.74) is 2.81. The zero-order valence-corrected chi connectivity index (χ0v) is 8.38. The Kier molecular flexibility index (Phi) is 2.46. The molecule has 0 aliphatic heterocycles. The van der Waals surface area contributed by atoms with Crippen molar-refractivity contribution in [2.24, 2.45) is 0 Å². The van der Waals surface area contributed by atoms with Crippen molar-refractivity contribution in [3.05, 3.63) is 36.3 Å². The highest BCUT2D eigenvalue weighted by molar-refractivity contribution is 5.57. The van der Waals surface area contributed by atoms with Crippen LogP contribution in [0.3, 0.4) is 0 Å². The fourth-order valence-corrected chi connectivity index (χ4v) is 1.39. The van der Waals surface area contributed by atoms with E-state index >= 15 is 0 Å². The van der Waals surface area contributed by atoms with Gasteiger partial charge in [-0.2, -0.15) is 10.4 Å². The van der Waals surface area contributed by atoms with E-state index in [0.717, 1.165) is 17.0 Å². The molecule has 0 aliphatic carbocycles. The number of nitrogens with zero attached hydrogens (tertiary/aromatic N) is 4. The number of aromatic nitrogens is 3. The summed E-state index contributed by atoms with van der Waals surface area (Å²) in [4.78, 5) is 4.03. The van der Waals surface area contributed by atoms with Crippen LogP contribution in [0.25, 0.3) is 11.3 Å². The van der Waals surface area contributed by atoms with Crippen LogP contribution < -0.4 is 0 Å². The SMILES string of the molecule is Cc1cc(-c2cccnc2)nn1CC#N. The Balaban J connectivity index is 2.40. The lowest BCUT2D eigenvalue weighted by atomic mass is 10.2. The van der Waals surface area contributed by atoms with E-state index in [1.54, 1.807) is 17.1 Å². The van der Waals surface area contributed by atoms with Crippen LogP contribution >= 0.6 is 0 Å². The Labute approximate surface area is 87.8 Å². The Bertz CT molecular complexity index is 493. The predicted octanol–water partition coefficient (Wildman–Crippen LogP) is 1.78. The molecule has 0 amide bonds. The Morgan fingerprint density at radius 3 is 3.07 bits per heavy atom. The molecule has 0 spiro atoms. The van der Waals surface area contributed by atoms with Crippen LogP contribution in [0.2, 0.25) is 0 Å². The lowest BCUT2D eigenvalue weighted by molar-refractivity contribution is 0.688. The van der Waals surface area contributed by atoms with Crippen LogP contribution in [-0.4, -0.2) is 14.8 Å². The Morgan fingerprint density at radius 2 is 2.40 bits per heavy atom. The number of nitriles is 1. The van der Waals surface area contributed by atoms with E-state index in [0.29, 0.717) is 0 Å². The summed E-state index contributed by atoms with van der Waals surface area (Å²) in [6.45, 7) is 2.22. The Hall–Kier alpha value is -2.15. The van der Waals surface area contributed by atoms with Crippen LogP contribution in [-0.2, 0) is 6.54 Å². The van der Waals surface area contributed by atoms with Crippen molar-refractivity contribution >= 4 is 0 Å². The minimum Gasteiger partial charge on any atom is -0.264 e. The van der Waals surface area contributed by atoms with Gasteiger partial charge in [0.1, 0.15) is 6.54 Å². The molecule has 0 unspecified atom stereocenters. The number of pyridine rings is 1. The first-order chi connectivity index (χ1) is 7.31. The summed E-state index contributed by atoms with van der Waals surface area (Å²) in [5, 5.41) is 12.9. The first kappa shape index (κ1) is 9.41. The molecule has 2 rings (SSSR count). The second-order valence-corrected chi connectivity index (χ2v) is 3.23. The molecule has 0 N–H and O–H groups in total. The van der Waals surface area contributed by atoms with Gasteiger partial charge in [0, 0.05) is 23.7 Å². The first-order valence-corrected chi connectivity index (χ1v) is 4.63. The minimum absolute atomic E-state index is 0.284. The van der Waals surface area contributed by atoms with E-state index in [2.05, 4.69) is 16.2 Å². The van der Waals surface area contributed by atoms with Gasteiger partial charge in [0.2, 0.25) is 0 Å². The summed E-state index contributed by atoms with van der Waals surface area (Å²) in [7, 11) is 0. The maximum atomic E-state index is 8.60. The summed E-state index contributed by atoms with van der Waals surface area (Å²) < 4.78 is 1.68. The molecule has 2 heterocycles. The highest BCUT2D eigenvalue weighted by Gasteiger charge is 2.05. The molecule has 0 fully saturated rings. The van der Waals surface area contributed by atoms with Gasteiger partial charge in [0.15, 0.2) is 0 Å². The van der Waals surface area contributed by atoms with E-state index in [-0.39, 0.29) is 6.54 Å². The lowest BCUT2D eigenvalue weighted by Crippen LogP contribution is -1.99. The van der Waals surface area contributed by atoms with Crippen molar-refractivity contribution in [3.63, 3.8) is 0 Å². The number of rotatable bonds is 2. The molecule has 74 valence electrons. The predicted molar refractivity (Wildman–Crippen MR) is 55.8 cm³/mol.